The van der Waals surface area contributed by atoms with Gasteiger partial charge in [0, 0.05) is 37.6 Å². The highest BCUT2D eigenvalue weighted by Crippen LogP contribution is 2.36. The Bertz CT molecular complexity index is 980. The van der Waals surface area contributed by atoms with Crippen molar-refractivity contribution in [3.8, 4) is 11.1 Å². The molecule has 0 bridgehead atoms. The molecule has 2 heterocycles. The second-order valence-electron chi connectivity index (χ2n) is 6.62. The molecule has 0 saturated carbocycles. The SMILES string of the molecule is Cc1ccc(P(c2ccc(C)cc2)c2ncccc2-c2cccnc2)cc1. The van der Waals surface area contributed by atoms with Crippen LogP contribution in [0.5, 0.6) is 0 Å². The van der Waals surface area contributed by atoms with Crippen LogP contribution in [0.2, 0.25) is 0 Å². The molecule has 0 unspecified atom stereocenters. The van der Waals surface area contributed by atoms with Crippen LogP contribution in [-0.4, -0.2) is 9.97 Å². The first-order valence-corrected chi connectivity index (χ1v) is 10.4. The van der Waals surface area contributed by atoms with Gasteiger partial charge in [-0.25, -0.2) is 0 Å². The summed E-state index contributed by atoms with van der Waals surface area (Å²) in [4.78, 5) is 9.16. The first-order chi connectivity index (χ1) is 13.2. The fraction of sp³-hybridized carbons (Fsp3) is 0.0833. The van der Waals surface area contributed by atoms with Crippen molar-refractivity contribution in [2.75, 3.05) is 0 Å². The predicted octanol–water partition coefficient (Wildman–Crippen LogP) is 4.52. The maximum atomic E-state index is 4.85. The first kappa shape index (κ1) is 17.6. The van der Waals surface area contributed by atoms with Crippen LogP contribution < -0.4 is 16.0 Å². The van der Waals surface area contributed by atoms with Crippen molar-refractivity contribution in [1.82, 2.24) is 9.97 Å². The summed E-state index contributed by atoms with van der Waals surface area (Å²) >= 11 is 0. The highest BCUT2D eigenvalue weighted by atomic mass is 31.1. The summed E-state index contributed by atoms with van der Waals surface area (Å²) in [6.07, 6.45) is 5.62. The Balaban J connectivity index is 1.92. The van der Waals surface area contributed by atoms with E-state index in [1.54, 1.807) is 0 Å². The Labute approximate surface area is 161 Å². The average Bonchev–Trinajstić information content (AvgIpc) is 2.72. The Morgan fingerprint density at radius 3 is 1.81 bits per heavy atom. The van der Waals surface area contributed by atoms with E-state index in [4.69, 9.17) is 4.98 Å². The monoisotopic (exact) mass is 368 g/mol. The summed E-state index contributed by atoms with van der Waals surface area (Å²) in [6.45, 7) is 4.25. The number of benzene rings is 2. The summed E-state index contributed by atoms with van der Waals surface area (Å²) in [7, 11) is -0.754. The van der Waals surface area contributed by atoms with E-state index in [-0.39, 0.29) is 0 Å². The third kappa shape index (κ3) is 3.82. The number of rotatable bonds is 4. The number of aryl methyl sites for hydroxylation is 2. The molecule has 0 aliphatic heterocycles. The van der Waals surface area contributed by atoms with Crippen molar-refractivity contribution in [2.24, 2.45) is 0 Å². The zero-order valence-electron chi connectivity index (χ0n) is 15.5. The van der Waals surface area contributed by atoms with E-state index < -0.39 is 7.92 Å². The van der Waals surface area contributed by atoms with E-state index in [0.29, 0.717) is 0 Å². The number of aromatic nitrogens is 2. The highest BCUT2D eigenvalue weighted by Gasteiger charge is 2.21. The molecule has 3 heteroatoms. The summed E-state index contributed by atoms with van der Waals surface area (Å²) < 4.78 is 0. The molecule has 2 aromatic carbocycles. The zero-order valence-corrected chi connectivity index (χ0v) is 16.4. The van der Waals surface area contributed by atoms with E-state index in [9.17, 15) is 0 Å². The number of pyridine rings is 2. The van der Waals surface area contributed by atoms with E-state index in [1.807, 2.05) is 30.7 Å². The van der Waals surface area contributed by atoms with Crippen LogP contribution in [-0.2, 0) is 0 Å². The Morgan fingerprint density at radius 1 is 0.667 bits per heavy atom. The molecule has 0 amide bonds. The topological polar surface area (TPSA) is 25.8 Å². The lowest BCUT2D eigenvalue weighted by atomic mass is 10.1. The van der Waals surface area contributed by atoms with Crippen LogP contribution in [0.15, 0.2) is 91.4 Å². The maximum absolute atomic E-state index is 4.85. The molecule has 2 aromatic heterocycles. The molecule has 0 spiro atoms. The molecule has 4 aromatic rings. The Hall–Kier alpha value is -2.83. The van der Waals surface area contributed by atoms with Gasteiger partial charge < -0.3 is 0 Å². The molecule has 27 heavy (non-hydrogen) atoms. The molecule has 132 valence electrons. The lowest BCUT2D eigenvalue weighted by molar-refractivity contribution is 1.32. The fourth-order valence-corrected chi connectivity index (χ4v) is 5.41. The normalized spacial score (nSPS) is 10.9. The molecule has 0 saturated heterocycles. The number of hydrogen-bond donors (Lipinski definition) is 0. The van der Waals surface area contributed by atoms with Crippen LogP contribution in [0.3, 0.4) is 0 Å². The fourth-order valence-electron chi connectivity index (χ4n) is 3.10. The smallest absolute Gasteiger partial charge is 0.0799 e. The second-order valence-corrected chi connectivity index (χ2v) is 8.75. The van der Waals surface area contributed by atoms with Gasteiger partial charge in [0.2, 0.25) is 0 Å². The lowest BCUT2D eigenvalue weighted by Gasteiger charge is -2.21. The van der Waals surface area contributed by atoms with Gasteiger partial charge in [-0.3, -0.25) is 9.97 Å². The lowest BCUT2D eigenvalue weighted by Crippen LogP contribution is -2.24. The van der Waals surface area contributed by atoms with Gasteiger partial charge >= 0.3 is 0 Å². The third-order valence-electron chi connectivity index (χ3n) is 4.56. The molecule has 0 aliphatic carbocycles. The van der Waals surface area contributed by atoms with Crippen LogP contribution in [0.25, 0.3) is 11.1 Å². The van der Waals surface area contributed by atoms with Crippen molar-refractivity contribution < 1.29 is 0 Å². The van der Waals surface area contributed by atoms with E-state index >= 15 is 0 Å². The Morgan fingerprint density at radius 2 is 1.26 bits per heavy atom. The molecular weight excluding hydrogens is 347 g/mol. The van der Waals surface area contributed by atoms with Gasteiger partial charge in [-0.15, -0.1) is 0 Å². The van der Waals surface area contributed by atoms with Crippen LogP contribution in [0, 0.1) is 13.8 Å². The van der Waals surface area contributed by atoms with Crippen molar-refractivity contribution in [2.45, 2.75) is 13.8 Å². The molecule has 0 fully saturated rings. The van der Waals surface area contributed by atoms with E-state index in [0.717, 1.165) is 16.6 Å². The summed E-state index contributed by atoms with van der Waals surface area (Å²) in [5.74, 6) is 0. The van der Waals surface area contributed by atoms with Crippen LogP contribution >= 0.6 is 7.92 Å². The maximum Gasteiger partial charge on any atom is 0.0799 e. The third-order valence-corrected chi connectivity index (χ3v) is 6.96. The van der Waals surface area contributed by atoms with E-state index in [2.05, 4.69) is 79.5 Å². The van der Waals surface area contributed by atoms with Crippen molar-refractivity contribution in [3.63, 3.8) is 0 Å². The second kappa shape index (κ2) is 7.82. The van der Waals surface area contributed by atoms with Gasteiger partial charge in [-0.1, -0.05) is 71.8 Å². The molecular formula is C24H21N2P. The number of nitrogens with zero attached hydrogens (tertiary/aromatic N) is 2. The van der Waals surface area contributed by atoms with Gasteiger partial charge in [-0.05, 0) is 36.6 Å². The molecule has 2 nitrogen and oxygen atoms in total. The van der Waals surface area contributed by atoms with Gasteiger partial charge in [-0.2, -0.15) is 0 Å². The molecule has 0 aliphatic rings. The van der Waals surface area contributed by atoms with Crippen molar-refractivity contribution in [1.29, 1.82) is 0 Å². The van der Waals surface area contributed by atoms with Gasteiger partial charge in [0.15, 0.2) is 0 Å². The standard InChI is InChI=1S/C24H21N2P/c1-18-7-11-21(12-8-18)27(22-13-9-19(2)10-14-22)24-23(6-4-16-26-24)20-5-3-15-25-17-20/h3-17H,1-2H3. The predicted molar refractivity (Wildman–Crippen MR) is 116 cm³/mol. The quantitative estimate of drug-likeness (QED) is 0.495. The minimum atomic E-state index is -0.754. The summed E-state index contributed by atoms with van der Waals surface area (Å²) in [6, 6.07) is 25.9. The average molecular weight is 368 g/mol. The first-order valence-electron chi connectivity index (χ1n) is 9.01. The summed E-state index contributed by atoms with van der Waals surface area (Å²) in [5, 5.41) is 2.62. The van der Waals surface area contributed by atoms with Gasteiger partial charge in [0.05, 0.1) is 5.44 Å². The van der Waals surface area contributed by atoms with Crippen molar-refractivity contribution >= 4 is 24.0 Å². The molecule has 4 rings (SSSR count). The zero-order chi connectivity index (χ0) is 18.6. The van der Waals surface area contributed by atoms with Gasteiger partial charge in [0.25, 0.3) is 0 Å². The van der Waals surface area contributed by atoms with Crippen LogP contribution in [0.4, 0.5) is 0 Å². The minimum Gasteiger partial charge on any atom is -0.264 e. The molecule has 0 radical (unpaired) electrons. The largest absolute Gasteiger partial charge is 0.264 e. The molecule has 0 N–H and O–H groups in total. The van der Waals surface area contributed by atoms with Gasteiger partial charge in [0.1, 0.15) is 0 Å². The van der Waals surface area contributed by atoms with E-state index in [1.165, 1.54) is 21.7 Å². The minimum absolute atomic E-state index is 0.754. The highest BCUT2D eigenvalue weighted by molar-refractivity contribution is 7.79. The van der Waals surface area contributed by atoms with Crippen molar-refractivity contribution in [3.05, 3.63) is 103 Å². The molecule has 0 atom stereocenters. The van der Waals surface area contributed by atoms with Crippen LogP contribution in [0.1, 0.15) is 11.1 Å². The summed E-state index contributed by atoms with van der Waals surface area (Å²) in [5.41, 5.74) is 5.91. The number of hydrogen-bond acceptors (Lipinski definition) is 2. The Kier molecular flexibility index (Phi) is 5.09.